The minimum atomic E-state index is -2.23. The fourth-order valence-corrected chi connectivity index (χ4v) is 11.3. The molecule has 8 heteroatoms. The Bertz CT molecular complexity index is 1220. The third-order valence-corrected chi connectivity index (χ3v) is 17.7. The van der Waals surface area contributed by atoms with E-state index in [4.69, 9.17) is 18.6 Å². The Balaban J connectivity index is 1.45. The average Bonchev–Trinajstić information content (AvgIpc) is 3.53. The van der Waals surface area contributed by atoms with Gasteiger partial charge in [0.1, 0.15) is 6.10 Å². The molecule has 1 aromatic carbocycles. The number of carbonyl (C=O) groups excluding carboxylic acids is 1. The van der Waals surface area contributed by atoms with Crippen LogP contribution in [-0.2, 0) is 23.4 Å². The summed E-state index contributed by atoms with van der Waals surface area (Å²) in [5.74, 6) is -1.40. The van der Waals surface area contributed by atoms with Crippen molar-refractivity contribution < 1.29 is 33.3 Å². The van der Waals surface area contributed by atoms with Crippen molar-refractivity contribution in [3.05, 3.63) is 35.9 Å². The summed E-state index contributed by atoms with van der Waals surface area (Å²) in [5, 5.41) is 10.4. The number of hydrogen-bond acceptors (Lipinski definition) is 6. The molecular formula is C35H52O7Si. The van der Waals surface area contributed by atoms with Gasteiger partial charge in [-0.05, 0) is 91.0 Å². The number of ether oxygens (including phenoxy) is 3. The molecule has 1 N–H and O–H groups in total. The minimum Gasteiger partial charge on any atom is -0.481 e. The molecule has 1 spiro atoms. The second kappa shape index (κ2) is 10.7. The van der Waals surface area contributed by atoms with Crippen LogP contribution in [0.4, 0.5) is 0 Å². The molecule has 0 radical (unpaired) electrons. The van der Waals surface area contributed by atoms with Gasteiger partial charge in [-0.1, -0.05) is 52.8 Å². The minimum absolute atomic E-state index is 0.0123. The van der Waals surface area contributed by atoms with E-state index in [1.807, 2.05) is 30.3 Å². The maximum Gasteiger partial charge on any atom is 0.338 e. The summed E-state index contributed by atoms with van der Waals surface area (Å²) in [6, 6.07) is 9.26. The lowest BCUT2D eigenvalue weighted by atomic mass is 9.43. The van der Waals surface area contributed by atoms with Crippen LogP contribution in [0.3, 0.4) is 0 Å². The van der Waals surface area contributed by atoms with Gasteiger partial charge in [-0.15, -0.1) is 0 Å². The first-order chi connectivity index (χ1) is 20.1. The molecule has 0 aromatic heterocycles. The molecule has 0 amide bonds. The highest BCUT2D eigenvalue weighted by Crippen LogP contribution is 2.69. The summed E-state index contributed by atoms with van der Waals surface area (Å²) in [7, 11) is -2.23. The second-order valence-electron chi connectivity index (χ2n) is 16.4. The quantitative estimate of drug-likeness (QED) is 0.275. The molecule has 43 heavy (non-hydrogen) atoms. The number of benzene rings is 1. The molecule has 238 valence electrons. The molecule has 5 unspecified atom stereocenters. The number of hydrogen-bond donors (Lipinski definition) is 1. The lowest BCUT2D eigenvalue weighted by Crippen LogP contribution is -2.66. The van der Waals surface area contributed by atoms with E-state index in [1.54, 1.807) is 0 Å². The van der Waals surface area contributed by atoms with Crippen LogP contribution in [0.1, 0.15) is 89.9 Å². The van der Waals surface area contributed by atoms with Crippen molar-refractivity contribution in [1.29, 1.82) is 0 Å². The van der Waals surface area contributed by atoms with Gasteiger partial charge in [-0.2, -0.15) is 0 Å². The summed E-state index contributed by atoms with van der Waals surface area (Å²) in [5.41, 5.74) is 0.0718. The van der Waals surface area contributed by atoms with E-state index >= 15 is 0 Å². The molecule has 1 saturated heterocycles. The van der Waals surface area contributed by atoms with Crippen molar-refractivity contribution in [3.8, 4) is 0 Å². The Morgan fingerprint density at radius 1 is 0.953 bits per heavy atom. The zero-order chi connectivity index (χ0) is 31.0. The Morgan fingerprint density at radius 2 is 1.63 bits per heavy atom. The third kappa shape index (κ3) is 5.12. The maximum absolute atomic E-state index is 13.7. The molecule has 1 aliphatic heterocycles. The van der Waals surface area contributed by atoms with Gasteiger partial charge in [0.15, 0.2) is 14.1 Å². The highest BCUT2D eigenvalue weighted by Gasteiger charge is 2.69. The number of carboxylic acids is 1. The highest BCUT2D eigenvalue weighted by atomic mass is 28.4. The molecule has 4 aliphatic carbocycles. The van der Waals surface area contributed by atoms with Crippen LogP contribution in [0.25, 0.3) is 0 Å². The predicted molar refractivity (Wildman–Crippen MR) is 166 cm³/mol. The molecule has 5 fully saturated rings. The lowest BCUT2D eigenvalue weighted by Gasteiger charge is -2.65. The SMILES string of the molecule is CC(C)(C)[Si](C)(C)O[C@@H]1C[C@]2(C)C(C(=O)O)CCC2C2C1[C@@]1(C)CCC3(CC1C[C@@H]2OC(=O)c1ccccc1)OCCO3. The smallest absolute Gasteiger partial charge is 0.338 e. The van der Waals surface area contributed by atoms with Crippen LogP contribution >= 0.6 is 0 Å². The highest BCUT2D eigenvalue weighted by molar-refractivity contribution is 6.74. The number of esters is 1. The van der Waals surface area contributed by atoms with Crippen molar-refractivity contribution in [1.82, 2.24) is 0 Å². The van der Waals surface area contributed by atoms with Gasteiger partial charge >= 0.3 is 11.9 Å². The van der Waals surface area contributed by atoms with Gasteiger partial charge in [0.25, 0.3) is 0 Å². The Labute approximate surface area is 258 Å². The van der Waals surface area contributed by atoms with E-state index in [0.29, 0.717) is 25.2 Å². The van der Waals surface area contributed by atoms with E-state index in [9.17, 15) is 14.7 Å². The van der Waals surface area contributed by atoms with Crippen LogP contribution in [0.2, 0.25) is 18.1 Å². The van der Waals surface area contributed by atoms with Gasteiger partial charge < -0.3 is 23.7 Å². The molecule has 0 bridgehead atoms. The third-order valence-electron chi connectivity index (χ3n) is 13.2. The van der Waals surface area contributed by atoms with E-state index in [0.717, 1.165) is 38.5 Å². The monoisotopic (exact) mass is 612 g/mol. The average molecular weight is 613 g/mol. The van der Waals surface area contributed by atoms with Crippen molar-refractivity contribution >= 4 is 20.3 Å². The standard InChI is InChI=1S/C35H52O7Si/c1-32(2,3)43(6,7)42-27-21-34(5)24(13-14-25(34)30(36)37)28-26(41-31(38)22-11-9-8-10-12-22)19-23-20-35(39-17-18-40-35)16-15-33(23,4)29(27)28/h8-12,23-29H,13-21H2,1-7H3,(H,36,37)/t23?,24?,25?,26-,27+,28?,29?,33-,34-/m0/s1. The number of rotatable bonds is 5. The second-order valence-corrected chi connectivity index (χ2v) is 21.1. The van der Waals surface area contributed by atoms with Crippen molar-refractivity contribution in [2.45, 2.75) is 116 Å². The summed E-state index contributed by atoms with van der Waals surface area (Å²) in [4.78, 5) is 26.4. The molecule has 5 aliphatic rings. The lowest BCUT2D eigenvalue weighted by molar-refractivity contribution is -0.256. The van der Waals surface area contributed by atoms with E-state index in [-0.39, 0.29) is 52.3 Å². The molecule has 7 nitrogen and oxygen atoms in total. The Hall–Kier alpha value is -1.74. The maximum atomic E-state index is 13.7. The number of carbonyl (C=O) groups is 2. The summed E-state index contributed by atoms with van der Waals surface area (Å²) < 4.78 is 26.5. The van der Waals surface area contributed by atoms with Crippen molar-refractivity contribution in [2.75, 3.05) is 13.2 Å². The van der Waals surface area contributed by atoms with Gasteiger partial charge in [0.05, 0.1) is 24.7 Å². The van der Waals surface area contributed by atoms with Crippen LogP contribution < -0.4 is 0 Å². The van der Waals surface area contributed by atoms with Crippen LogP contribution in [0, 0.1) is 40.4 Å². The van der Waals surface area contributed by atoms with E-state index in [1.165, 1.54) is 0 Å². The first-order valence-corrected chi connectivity index (χ1v) is 19.5. The molecule has 1 heterocycles. The Morgan fingerprint density at radius 3 is 2.26 bits per heavy atom. The topological polar surface area (TPSA) is 91.3 Å². The van der Waals surface area contributed by atoms with E-state index < -0.39 is 31.4 Å². The summed E-state index contributed by atoms with van der Waals surface area (Å²) in [6.45, 7) is 17.3. The van der Waals surface area contributed by atoms with Crippen LogP contribution in [-0.4, -0.2) is 56.6 Å². The molecular weight excluding hydrogens is 560 g/mol. The van der Waals surface area contributed by atoms with Gasteiger partial charge in [-0.3, -0.25) is 4.79 Å². The zero-order valence-electron chi connectivity index (χ0n) is 27.2. The molecule has 6 rings (SSSR count). The molecule has 1 aromatic rings. The zero-order valence-corrected chi connectivity index (χ0v) is 28.2. The van der Waals surface area contributed by atoms with E-state index in [2.05, 4.69) is 47.7 Å². The first kappa shape index (κ1) is 31.2. The van der Waals surface area contributed by atoms with Gasteiger partial charge in [0.2, 0.25) is 0 Å². The summed E-state index contributed by atoms with van der Waals surface area (Å²) in [6.07, 6.45) is 5.16. The van der Waals surface area contributed by atoms with Crippen molar-refractivity contribution in [3.63, 3.8) is 0 Å². The van der Waals surface area contributed by atoms with Crippen LogP contribution in [0.15, 0.2) is 30.3 Å². The number of aliphatic carboxylic acids is 1. The normalized spacial score (nSPS) is 40.4. The largest absolute Gasteiger partial charge is 0.481 e. The van der Waals surface area contributed by atoms with Crippen LogP contribution in [0.5, 0.6) is 0 Å². The summed E-state index contributed by atoms with van der Waals surface area (Å²) >= 11 is 0. The fraction of sp³-hybridized carbons (Fsp3) is 0.771. The molecule has 4 saturated carbocycles. The molecule has 9 atom stereocenters. The van der Waals surface area contributed by atoms with Crippen molar-refractivity contribution in [2.24, 2.45) is 40.4 Å². The fourth-order valence-electron chi connectivity index (χ4n) is 9.95. The number of fused-ring (bicyclic) bond motifs is 5. The number of carboxylic acid groups (broad SMARTS) is 1. The van der Waals surface area contributed by atoms with Gasteiger partial charge in [0, 0.05) is 24.9 Å². The van der Waals surface area contributed by atoms with Gasteiger partial charge in [-0.25, -0.2) is 4.79 Å². The Kier molecular flexibility index (Phi) is 7.75. The first-order valence-electron chi connectivity index (χ1n) is 16.5. The predicted octanol–water partition coefficient (Wildman–Crippen LogP) is 7.31.